The van der Waals surface area contributed by atoms with Crippen molar-refractivity contribution in [3.63, 3.8) is 0 Å². The first-order valence-corrected chi connectivity index (χ1v) is 13.6. The normalized spacial score (nSPS) is 11.3. The quantitative estimate of drug-likeness (QED) is 0.226. The first-order chi connectivity index (χ1) is 19.7. The van der Waals surface area contributed by atoms with Crippen molar-refractivity contribution in [3.05, 3.63) is 155 Å². The fourth-order valence-corrected chi connectivity index (χ4v) is 4.87. The Bertz CT molecular complexity index is 1240. The Morgan fingerprint density at radius 1 is 0.425 bits per heavy atom. The molecular formula is C33H35N7. The van der Waals surface area contributed by atoms with E-state index in [0.29, 0.717) is 6.54 Å². The number of hydrogen-bond acceptors (Lipinski definition) is 7. The minimum Gasteiger partial charge on any atom is -0.326 e. The lowest BCUT2D eigenvalue weighted by Crippen LogP contribution is -2.25. The summed E-state index contributed by atoms with van der Waals surface area (Å²) in [5, 5.41) is 0. The molecule has 7 nitrogen and oxygen atoms in total. The summed E-state index contributed by atoms with van der Waals surface area (Å²) in [6, 6.07) is 30.9. The van der Waals surface area contributed by atoms with E-state index < -0.39 is 0 Å². The summed E-state index contributed by atoms with van der Waals surface area (Å²) in [6.07, 6.45) is 7.39. The molecule has 2 N–H and O–H groups in total. The van der Waals surface area contributed by atoms with Crippen molar-refractivity contribution in [1.82, 2.24) is 29.7 Å². The third kappa shape index (κ3) is 8.35. The van der Waals surface area contributed by atoms with Gasteiger partial charge in [-0.2, -0.15) is 0 Å². The second kappa shape index (κ2) is 14.2. The summed E-state index contributed by atoms with van der Waals surface area (Å²) >= 11 is 0. The molecule has 0 fully saturated rings. The van der Waals surface area contributed by atoms with E-state index in [1.807, 2.05) is 73.3 Å². The van der Waals surface area contributed by atoms with Gasteiger partial charge in [0.1, 0.15) is 0 Å². The van der Waals surface area contributed by atoms with E-state index in [0.717, 1.165) is 67.6 Å². The highest BCUT2D eigenvalue weighted by molar-refractivity contribution is 5.31. The number of rotatable bonds is 13. The van der Waals surface area contributed by atoms with E-state index in [4.69, 9.17) is 5.73 Å². The molecule has 0 unspecified atom stereocenters. The Balaban J connectivity index is 1.39. The zero-order valence-electron chi connectivity index (χ0n) is 22.7. The van der Waals surface area contributed by atoms with Gasteiger partial charge in [-0.3, -0.25) is 29.7 Å². The highest BCUT2D eigenvalue weighted by Crippen LogP contribution is 2.19. The topological polar surface area (TPSA) is 84.1 Å². The van der Waals surface area contributed by atoms with Gasteiger partial charge in [-0.15, -0.1) is 0 Å². The lowest BCUT2D eigenvalue weighted by molar-refractivity contribution is 0.237. The largest absolute Gasteiger partial charge is 0.326 e. The molecule has 0 spiro atoms. The minimum atomic E-state index is 0.488. The molecule has 4 heterocycles. The molecular weight excluding hydrogens is 494 g/mol. The highest BCUT2D eigenvalue weighted by Gasteiger charge is 2.14. The van der Waals surface area contributed by atoms with Crippen LogP contribution in [0.15, 0.2) is 116 Å². The monoisotopic (exact) mass is 529 g/mol. The third-order valence-corrected chi connectivity index (χ3v) is 6.61. The number of nitrogens with two attached hydrogens (primary N) is 1. The lowest BCUT2D eigenvalue weighted by atomic mass is 10.0. The van der Waals surface area contributed by atoms with E-state index in [1.54, 1.807) is 0 Å². The summed E-state index contributed by atoms with van der Waals surface area (Å²) in [5.74, 6) is 0. The van der Waals surface area contributed by atoms with Crippen LogP contribution in [0.1, 0.15) is 39.5 Å². The maximum Gasteiger partial charge on any atom is 0.0544 e. The molecule has 0 radical (unpaired) electrons. The van der Waals surface area contributed by atoms with Crippen LogP contribution in [0, 0.1) is 0 Å². The van der Waals surface area contributed by atoms with Gasteiger partial charge in [0.2, 0.25) is 0 Å². The van der Waals surface area contributed by atoms with Gasteiger partial charge in [0.25, 0.3) is 0 Å². The Morgan fingerprint density at radius 2 is 0.750 bits per heavy atom. The van der Waals surface area contributed by atoms with Crippen molar-refractivity contribution in [1.29, 1.82) is 0 Å². The molecule has 0 atom stereocenters. The van der Waals surface area contributed by atoms with Gasteiger partial charge in [-0.05, 0) is 65.2 Å². The van der Waals surface area contributed by atoms with E-state index in [2.05, 4.69) is 72.2 Å². The molecule has 0 aliphatic heterocycles. The van der Waals surface area contributed by atoms with Crippen LogP contribution >= 0.6 is 0 Å². The Hall–Kier alpha value is -4.30. The maximum atomic E-state index is 6.18. The van der Waals surface area contributed by atoms with E-state index in [1.165, 1.54) is 11.1 Å². The highest BCUT2D eigenvalue weighted by atomic mass is 15.1. The molecule has 0 aliphatic rings. The zero-order valence-corrected chi connectivity index (χ0v) is 22.7. The number of aromatic nitrogens is 4. The lowest BCUT2D eigenvalue weighted by Gasteiger charge is -2.24. The number of benzene rings is 1. The van der Waals surface area contributed by atoms with Crippen LogP contribution in [0.5, 0.6) is 0 Å². The molecule has 0 bridgehead atoms. The van der Waals surface area contributed by atoms with Gasteiger partial charge in [0.15, 0.2) is 0 Å². The maximum absolute atomic E-state index is 6.18. The molecule has 0 saturated heterocycles. The van der Waals surface area contributed by atoms with Crippen LogP contribution in [-0.2, 0) is 45.8 Å². The van der Waals surface area contributed by atoms with Crippen molar-refractivity contribution in [2.75, 3.05) is 0 Å². The van der Waals surface area contributed by atoms with E-state index >= 15 is 0 Å². The van der Waals surface area contributed by atoms with Gasteiger partial charge in [-0.25, -0.2) is 0 Å². The molecule has 4 aromatic heterocycles. The van der Waals surface area contributed by atoms with Crippen LogP contribution < -0.4 is 5.73 Å². The van der Waals surface area contributed by atoms with Gasteiger partial charge in [-0.1, -0.05) is 42.5 Å². The molecule has 5 aromatic rings. The van der Waals surface area contributed by atoms with Crippen molar-refractivity contribution < 1.29 is 0 Å². The van der Waals surface area contributed by atoms with Gasteiger partial charge < -0.3 is 5.73 Å². The molecule has 1 aromatic carbocycles. The Labute approximate surface area is 236 Å². The Kier molecular flexibility index (Phi) is 9.68. The third-order valence-electron chi connectivity index (χ3n) is 6.61. The van der Waals surface area contributed by atoms with Crippen molar-refractivity contribution in [2.24, 2.45) is 5.73 Å². The molecule has 0 aliphatic carbocycles. The van der Waals surface area contributed by atoms with Crippen molar-refractivity contribution in [3.8, 4) is 0 Å². The average molecular weight is 530 g/mol. The molecule has 7 heteroatoms. The van der Waals surface area contributed by atoms with Crippen LogP contribution in [0.3, 0.4) is 0 Å². The predicted molar refractivity (Wildman–Crippen MR) is 157 cm³/mol. The Morgan fingerprint density at radius 3 is 1.02 bits per heavy atom. The van der Waals surface area contributed by atoms with Crippen LogP contribution in [-0.4, -0.2) is 29.7 Å². The SMILES string of the molecule is NCc1cc(CN(Cc2ccccn2)Cc2ccccn2)cc(CN(Cc2ccccn2)Cc2ccccn2)c1. The minimum absolute atomic E-state index is 0.488. The van der Waals surface area contributed by atoms with Crippen molar-refractivity contribution in [2.45, 2.75) is 45.8 Å². The second-order valence-corrected chi connectivity index (χ2v) is 9.94. The molecule has 0 amide bonds. The fourth-order valence-electron chi connectivity index (χ4n) is 4.87. The summed E-state index contributed by atoms with van der Waals surface area (Å²) in [4.78, 5) is 23.0. The second-order valence-electron chi connectivity index (χ2n) is 9.94. The van der Waals surface area contributed by atoms with E-state index in [-0.39, 0.29) is 0 Å². The standard InChI is InChI=1S/C33H35N7/c34-20-27-17-28(21-39(23-30-9-1-5-13-35-30)24-31-10-2-6-14-36-31)19-29(18-27)22-40(25-32-11-3-7-15-37-32)26-33-12-4-8-16-38-33/h1-19H,20-26,34H2. The number of nitrogens with zero attached hydrogens (tertiary/aromatic N) is 6. The summed E-state index contributed by atoms with van der Waals surface area (Å²) < 4.78 is 0. The summed E-state index contributed by atoms with van der Waals surface area (Å²) in [5.41, 5.74) is 13.9. The summed E-state index contributed by atoms with van der Waals surface area (Å²) in [6.45, 7) is 4.91. The first kappa shape index (κ1) is 27.3. The van der Waals surface area contributed by atoms with Crippen molar-refractivity contribution >= 4 is 0 Å². The zero-order chi connectivity index (χ0) is 27.4. The average Bonchev–Trinajstić information content (AvgIpc) is 2.99. The fraction of sp³-hybridized carbons (Fsp3) is 0.212. The predicted octanol–water partition coefficient (Wildman–Crippen LogP) is 5.13. The van der Waals surface area contributed by atoms with Crippen LogP contribution in [0.2, 0.25) is 0 Å². The first-order valence-electron chi connectivity index (χ1n) is 13.6. The van der Waals surface area contributed by atoms with Gasteiger partial charge in [0, 0.05) is 70.6 Å². The van der Waals surface area contributed by atoms with Gasteiger partial charge >= 0.3 is 0 Å². The van der Waals surface area contributed by atoms with E-state index in [9.17, 15) is 0 Å². The number of pyridine rings is 4. The summed E-state index contributed by atoms with van der Waals surface area (Å²) in [7, 11) is 0. The van der Waals surface area contributed by atoms with Crippen LogP contribution in [0.4, 0.5) is 0 Å². The molecule has 5 rings (SSSR count). The smallest absolute Gasteiger partial charge is 0.0544 e. The molecule has 0 saturated carbocycles. The molecule has 202 valence electrons. The number of hydrogen-bond donors (Lipinski definition) is 1. The molecule has 40 heavy (non-hydrogen) atoms. The van der Waals surface area contributed by atoms with Crippen LogP contribution in [0.25, 0.3) is 0 Å². The van der Waals surface area contributed by atoms with Gasteiger partial charge in [0.05, 0.1) is 22.8 Å².